The Kier molecular flexibility index (Phi) is 6.37. The van der Waals surface area contributed by atoms with Crippen LogP contribution in [-0.4, -0.2) is 18.0 Å². The maximum atomic E-state index is 12.4. The van der Waals surface area contributed by atoms with Gasteiger partial charge in [-0.15, -0.1) is 0 Å². The van der Waals surface area contributed by atoms with Crippen LogP contribution in [0.2, 0.25) is 0 Å². The van der Waals surface area contributed by atoms with Crippen LogP contribution in [0, 0.1) is 0 Å². The second kappa shape index (κ2) is 8.72. The molecule has 2 aromatic rings. The highest BCUT2D eigenvalue weighted by Crippen LogP contribution is 2.13. The Labute approximate surface area is 142 Å². The fraction of sp³-hybridized carbons (Fsp3) is 0.263. The molecule has 0 saturated carbocycles. The Balaban J connectivity index is 2.02. The van der Waals surface area contributed by atoms with E-state index in [2.05, 4.69) is 10.6 Å². The fourth-order valence-electron chi connectivity index (χ4n) is 2.20. The van der Waals surface area contributed by atoms with Crippen LogP contribution in [0.25, 0.3) is 0 Å². The van der Waals surface area contributed by atoms with Gasteiger partial charge in [0.2, 0.25) is 5.91 Å². The zero-order valence-electron chi connectivity index (χ0n) is 13.9. The van der Waals surface area contributed by atoms with Crippen molar-refractivity contribution in [2.45, 2.75) is 32.5 Å². The largest absolute Gasteiger partial charge is 0.445 e. The second-order valence-electron chi connectivity index (χ2n) is 5.71. The molecule has 0 aliphatic carbocycles. The molecule has 126 valence electrons. The van der Waals surface area contributed by atoms with Crippen molar-refractivity contribution in [3.05, 3.63) is 71.8 Å². The molecule has 0 heterocycles. The Morgan fingerprint density at radius 1 is 0.917 bits per heavy atom. The van der Waals surface area contributed by atoms with Gasteiger partial charge in [-0.3, -0.25) is 4.79 Å². The summed E-state index contributed by atoms with van der Waals surface area (Å²) in [4.78, 5) is 24.5. The molecule has 2 aromatic carbocycles. The molecule has 24 heavy (non-hydrogen) atoms. The molecule has 1 atom stereocenters. The third-order valence-corrected chi connectivity index (χ3v) is 3.30. The van der Waals surface area contributed by atoms with Crippen molar-refractivity contribution in [1.82, 2.24) is 10.6 Å². The number of alkyl carbamates (subject to hydrolysis) is 1. The van der Waals surface area contributed by atoms with Gasteiger partial charge in [-0.05, 0) is 25.0 Å². The first-order chi connectivity index (χ1) is 11.6. The number of carbonyl (C=O) groups is 2. The zero-order valence-corrected chi connectivity index (χ0v) is 13.9. The topological polar surface area (TPSA) is 67.4 Å². The summed E-state index contributed by atoms with van der Waals surface area (Å²) < 4.78 is 5.21. The standard InChI is InChI=1S/C19H22N2O3/c1-14(2)20-18(22)17(16-11-7-4-8-12-16)21-19(23)24-13-15-9-5-3-6-10-15/h3-12,14,17H,13H2,1-2H3,(H,20,22)(H,21,23)/t17-/m0/s1. The quantitative estimate of drug-likeness (QED) is 0.857. The lowest BCUT2D eigenvalue weighted by atomic mass is 10.1. The summed E-state index contributed by atoms with van der Waals surface area (Å²) in [6, 6.07) is 17.6. The molecule has 0 unspecified atom stereocenters. The number of hydrogen-bond donors (Lipinski definition) is 2. The first-order valence-corrected chi connectivity index (χ1v) is 7.89. The monoisotopic (exact) mass is 326 g/mol. The third kappa shape index (κ3) is 5.43. The molecule has 2 N–H and O–H groups in total. The first kappa shape index (κ1) is 17.5. The molecular formula is C19H22N2O3. The predicted octanol–water partition coefficient (Wildman–Crippen LogP) is 3.18. The van der Waals surface area contributed by atoms with Gasteiger partial charge in [0.15, 0.2) is 0 Å². The van der Waals surface area contributed by atoms with Crippen molar-refractivity contribution in [3.8, 4) is 0 Å². The minimum absolute atomic E-state index is 0.0224. The van der Waals surface area contributed by atoms with Gasteiger partial charge >= 0.3 is 6.09 Å². The van der Waals surface area contributed by atoms with E-state index in [0.717, 1.165) is 5.56 Å². The van der Waals surface area contributed by atoms with E-state index in [9.17, 15) is 9.59 Å². The number of amides is 2. The summed E-state index contributed by atoms with van der Waals surface area (Å²) >= 11 is 0. The van der Waals surface area contributed by atoms with Crippen molar-refractivity contribution in [2.75, 3.05) is 0 Å². The van der Waals surface area contributed by atoms with Gasteiger partial charge in [0.25, 0.3) is 0 Å². The summed E-state index contributed by atoms with van der Waals surface area (Å²) in [7, 11) is 0. The molecule has 0 aliphatic rings. The first-order valence-electron chi connectivity index (χ1n) is 7.89. The Bertz CT molecular complexity index is 657. The van der Waals surface area contributed by atoms with Crippen molar-refractivity contribution in [1.29, 1.82) is 0 Å². The molecule has 2 rings (SSSR count). The molecule has 0 fully saturated rings. The third-order valence-electron chi connectivity index (χ3n) is 3.30. The van der Waals surface area contributed by atoms with Gasteiger partial charge in [0.1, 0.15) is 12.6 Å². The van der Waals surface area contributed by atoms with Gasteiger partial charge in [-0.2, -0.15) is 0 Å². The molecule has 2 amide bonds. The number of carbonyl (C=O) groups excluding carboxylic acids is 2. The van der Waals surface area contributed by atoms with Gasteiger partial charge in [-0.25, -0.2) is 4.79 Å². The van der Waals surface area contributed by atoms with Crippen LogP contribution in [0.4, 0.5) is 4.79 Å². The Morgan fingerprint density at radius 3 is 2.08 bits per heavy atom. The maximum absolute atomic E-state index is 12.4. The molecule has 5 heteroatoms. The fourth-order valence-corrected chi connectivity index (χ4v) is 2.20. The SMILES string of the molecule is CC(C)NC(=O)[C@@H](NC(=O)OCc1ccccc1)c1ccccc1. The minimum atomic E-state index is -0.795. The molecule has 0 saturated heterocycles. The highest BCUT2D eigenvalue weighted by atomic mass is 16.5. The van der Waals surface area contributed by atoms with Crippen molar-refractivity contribution in [3.63, 3.8) is 0 Å². The number of benzene rings is 2. The lowest BCUT2D eigenvalue weighted by molar-refractivity contribution is -0.123. The van der Waals surface area contributed by atoms with Crippen LogP contribution in [0.15, 0.2) is 60.7 Å². The molecule has 0 aliphatic heterocycles. The number of rotatable bonds is 6. The van der Waals surface area contributed by atoms with Crippen LogP contribution in [0.5, 0.6) is 0 Å². The van der Waals surface area contributed by atoms with E-state index in [0.29, 0.717) is 5.56 Å². The van der Waals surface area contributed by atoms with E-state index in [4.69, 9.17) is 4.74 Å². The summed E-state index contributed by atoms with van der Waals surface area (Å²) in [5.41, 5.74) is 1.59. The summed E-state index contributed by atoms with van der Waals surface area (Å²) in [6.07, 6.45) is -0.633. The number of nitrogens with one attached hydrogen (secondary N) is 2. The Morgan fingerprint density at radius 2 is 1.50 bits per heavy atom. The van der Waals surface area contributed by atoms with E-state index in [1.807, 2.05) is 62.4 Å². The molecule has 0 aromatic heterocycles. The van der Waals surface area contributed by atoms with Crippen LogP contribution >= 0.6 is 0 Å². The summed E-state index contributed by atoms with van der Waals surface area (Å²) in [5, 5.41) is 5.45. The van der Waals surface area contributed by atoms with E-state index in [1.54, 1.807) is 12.1 Å². The van der Waals surface area contributed by atoms with Gasteiger partial charge in [-0.1, -0.05) is 60.7 Å². The maximum Gasteiger partial charge on any atom is 0.408 e. The van der Waals surface area contributed by atoms with Gasteiger partial charge < -0.3 is 15.4 Å². The summed E-state index contributed by atoms with van der Waals surface area (Å²) in [5.74, 6) is -0.270. The van der Waals surface area contributed by atoms with Crippen LogP contribution in [0.3, 0.4) is 0 Å². The highest BCUT2D eigenvalue weighted by Gasteiger charge is 2.23. The van der Waals surface area contributed by atoms with E-state index in [1.165, 1.54) is 0 Å². The highest BCUT2D eigenvalue weighted by molar-refractivity contribution is 5.87. The molecular weight excluding hydrogens is 304 g/mol. The van der Waals surface area contributed by atoms with E-state index in [-0.39, 0.29) is 18.6 Å². The van der Waals surface area contributed by atoms with Gasteiger partial charge in [0.05, 0.1) is 0 Å². The van der Waals surface area contributed by atoms with Crippen molar-refractivity contribution >= 4 is 12.0 Å². The lowest BCUT2D eigenvalue weighted by Crippen LogP contribution is -2.42. The van der Waals surface area contributed by atoms with Crippen LogP contribution in [-0.2, 0) is 16.1 Å². The lowest BCUT2D eigenvalue weighted by Gasteiger charge is -2.20. The molecule has 5 nitrogen and oxygen atoms in total. The molecule has 0 spiro atoms. The normalized spacial score (nSPS) is 11.6. The van der Waals surface area contributed by atoms with Crippen LogP contribution < -0.4 is 10.6 Å². The Hall–Kier alpha value is -2.82. The minimum Gasteiger partial charge on any atom is -0.445 e. The zero-order chi connectivity index (χ0) is 17.4. The smallest absolute Gasteiger partial charge is 0.408 e. The predicted molar refractivity (Wildman–Crippen MR) is 92.2 cm³/mol. The average Bonchev–Trinajstić information content (AvgIpc) is 2.59. The second-order valence-corrected chi connectivity index (χ2v) is 5.71. The van der Waals surface area contributed by atoms with Crippen molar-refractivity contribution < 1.29 is 14.3 Å². The molecule has 0 bridgehead atoms. The van der Waals surface area contributed by atoms with E-state index < -0.39 is 12.1 Å². The number of ether oxygens (including phenoxy) is 1. The number of hydrogen-bond acceptors (Lipinski definition) is 3. The van der Waals surface area contributed by atoms with Crippen LogP contribution in [0.1, 0.15) is 31.0 Å². The van der Waals surface area contributed by atoms with Crippen molar-refractivity contribution in [2.24, 2.45) is 0 Å². The van der Waals surface area contributed by atoms with E-state index >= 15 is 0 Å². The average molecular weight is 326 g/mol. The van der Waals surface area contributed by atoms with Gasteiger partial charge in [0, 0.05) is 6.04 Å². The molecule has 0 radical (unpaired) electrons. The summed E-state index contributed by atoms with van der Waals surface area (Å²) in [6.45, 7) is 3.89.